The zero-order valence-electron chi connectivity index (χ0n) is 15.5. The van der Waals surface area contributed by atoms with Gasteiger partial charge in [-0.3, -0.25) is 4.68 Å². The summed E-state index contributed by atoms with van der Waals surface area (Å²) in [6.45, 7) is 2.73. The summed E-state index contributed by atoms with van der Waals surface area (Å²) in [5, 5.41) is 16.4. The predicted molar refractivity (Wildman–Crippen MR) is 94.4 cm³/mol. The minimum atomic E-state index is -5.00. The number of aryl methyl sites for hydroxylation is 1. The molecule has 0 fully saturated rings. The summed E-state index contributed by atoms with van der Waals surface area (Å²) in [7, 11) is 0. The third-order valence-electron chi connectivity index (χ3n) is 4.30. The van der Waals surface area contributed by atoms with Crippen LogP contribution in [0, 0.1) is 29.9 Å². The van der Waals surface area contributed by atoms with Crippen molar-refractivity contribution >= 4 is 22.7 Å². The van der Waals surface area contributed by atoms with Crippen LogP contribution in [0.5, 0.6) is 0 Å². The van der Waals surface area contributed by atoms with Crippen LogP contribution in [0.25, 0.3) is 11.0 Å². The number of hydrogen-bond donors (Lipinski definition) is 2. The zero-order chi connectivity index (χ0) is 22.2. The van der Waals surface area contributed by atoms with Gasteiger partial charge in [0.15, 0.2) is 17.4 Å². The summed E-state index contributed by atoms with van der Waals surface area (Å²) in [4.78, 5) is 12.1. The molecule has 2 atom stereocenters. The number of hydrogen-bond acceptors (Lipinski definition) is 4. The minimum Gasteiger partial charge on any atom is -0.455 e. The topological polar surface area (TPSA) is 95.9 Å². The molecule has 12 heteroatoms. The van der Waals surface area contributed by atoms with E-state index >= 15 is 0 Å². The van der Waals surface area contributed by atoms with Crippen molar-refractivity contribution in [2.75, 3.05) is 5.32 Å². The first-order chi connectivity index (χ1) is 14.0. The lowest BCUT2D eigenvalue weighted by Crippen LogP contribution is -2.40. The molecule has 0 bridgehead atoms. The van der Waals surface area contributed by atoms with Crippen molar-refractivity contribution in [3.8, 4) is 6.07 Å². The number of furan rings is 1. The number of anilines is 1. The van der Waals surface area contributed by atoms with Gasteiger partial charge in [-0.2, -0.15) is 23.5 Å². The standard InChI is InChI=1S/C18H14F5N5O2/c1-8(5-24)28-7-11(6-25-28)26-17(29)27-16(18(21,22)23)14-9(2)12-3-10(19)4-13(20)15(12)30-14/h3-4,6-8,16H,1-2H3,(H2,26,27,29)/t8?,16-/m1/s1. The van der Waals surface area contributed by atoms with Gasteiger partial charge >= 0.3 is 12.2 Å². The van der Waals surface area contributed by atoms with Gasteiger partial charge in [0, 0.05) is 17.0 Å². The maximum atomic E-state index is 13.9. The van der Waals surface area contributed by atoms with Crippen molar-refractivity contribution in [1.82, 2.24) is 15.1 Å². The first kappa shape index (κ1) is 21.1. The monoisotopic (exact) mass is 427 g/mol. The molecule has 0 aliphatic carbocycles. The fourth-order valence-electron chi connectivity index (χ4n) is 2.81. The Kier molecular flexibility index (Phi) is 5.39. The molecule has 0 spiro atoms. The van der Waals surface area contributed by atoms with Crippen LogP contribution in [0.1, 0.15) is 30.3 Å². The molecular formula is C18H14F5N5O2. The second kappa shape index (κ2) is 7.66. The third kappa shape index (κ3) is 4.05. The van der Waals surface area contributed by atoms with Gasteiger partial charge in [-0.05, 0) is 19.9 Å². The highest BCUT2D eigenvalue weighted by Crippen LogP contribution is 2.39. The van der Waals surface area contributed by atoms with Crippen LogP contribution in [0.2, 0.25) is 0 Å². The second-order valence-electron chi connectivity index (χ2n) is 6.44. The molecule has 30 heavy (non-hydrogen) atoms. The van der Waals surface area contributed by atoms with Gasteiger partial charge in [0.05, 0.1) is 24.2 Å². The van der Waals surface area contributed by atoms with Crippen LogP contribution in [-0.4, -0.2) is 22.0 Å². The summed E-state index contributed by atoms with van der Waals surface area (Å²) < 4.78 is 74.4. The molecule has 3 aromatic rings. The average molecular weight is 427 g/mol. The first-order valence-corrected chi connectivity index (χ1v) is 8.47. The molecule has 2 N–H and O–H groups in total. The molecule has 0 radical (unpaired) electrons. The molecule has 3 rings (SSSR count). The van der Waals surface area contributed by atoms with E-state index in [2.05, 4.69) is 10.4 Å². The van der Waals surface area contributed by atoms with E-state index in [1.54, 1.807) is 5.32 Å². The number of carbonyl (C=O) groups excluding carboxylic acids is 1. The lowest BCUT2D eigenvalue weighted by Gasteiger charge is -2.20. The highest BCUT2D eigenvalue weighted by atomic mass is 19.4. The first-order valence-electron chi connectivity index (χ1n) is 8.47. The van der Waals surface area contributed by atoms with Gasteiger partial charge in [0.2, 0.25) is 0 Å². The number of urea groups is 1. The Bertz CT molecular complexity index is 1140. The highest BCUT2D eigenvalue weighted by molar-refractivity contribution is 5.89. The van der Waals surface area contributed by atoms with Crippen LogP contribution < -0.4 is 10.6 Å². The highest BCUT2D eigenvalue weighted by Gasteiger charge is 2.45. The molecule has 2 aromatic heterocycles. The Morgan fingerprint density at radius 3 is 2.67 bits per heavy atom. The lowest BCUT2D eigenvalue weighted by molar-refractivity contribution is -0.158. The Balaban J connectivity index is 1.89. The molecule has 0 aliphatic rings. The Morgan fingerprint density at radius 2 is 2.03 bits per heavy atom. The number of fused-ring (bicyclic) bond motifs is 1. The van der Waals surface area contributed by atoms with Crippen LogP contribution in [0.15, 0.2) is 28.9 Å². The fourth-order valence-corrected chi connectivity index (χ4v) is 2.81. The molecule has 0 saturated carbocycles. The lowest BCUT2D eigenvalue weighted by atomic mass is 10.1. The molecule has 2 amide bonds. The molecule has 158 valence electrons. The molecule has 1 unspecified atom stereocenters. The number of alkyl halides is 3. The van der Waals surface area contributed by atoms with E-state index in [0.717, 1.165) is 12.3 Å². The van der Waals surface area contributed by atoms with Gasteiger partial charge in [-0.1, -0.05) is 0 Å². The number of nitriles is 1. The van der Waals surface area contributed by atoms with Crippen LogP contribution in [0.3, 0.4) is 0 Å². The van der Waals surface area contributed by atoms with E-state index in [1.807, 2.05) is 6.07 Å². The maximum Gasteiger partial charge on any atom is 0.416 e. The van der Waals surface area contributed by atoms with E-state index in [-0.39, 0.29) is 16.6 Å². The molecule has 2 heterocycles. The Labute approximate surface area is 166 Å². The van der Waals surface area contributed by atoms with Crippen molar-refractivity contribution in [3.05, 3.63) is 47.5 Å². The molecular weight excluding hydrogens is 413 g/mol. The van der Waals surface area contributed by atoms with Crippen molar-refractivity contribution in [3.63, 3.8) is 0 Å². The number of nitrogens with zero attached hydrogens (tertiary/aromatic N) is 3. The Hall–Kier alpha value is -3.62. The summed E-state index contributed by atoms with van der Waals surface area (Å²) in [6, 6.07) is -1.29. The molecule has 7 nitrogen and oxygen atoms in total. The van der Waals surface area contributed by atoms with E-state index < -0.39 is 47.3 Å². The average Bonchev–Trinajstić information content (AvgIpc) is 3.24. The summed E-state index contributed by atoms with van der Waals surface area (Å²) in [5.41, 5.74) is -0.668. The predicted octanol–water partition coefficient (Wildman–Crippen LogP) is 4.73. The molecule has 0 aliphatic heterocycles. The fraction of sp³-hybridized carbons (Fsp3) is 0.278. The van der Waals surface area contributed by atoms with Crippen molar-refractivity contribution in [2.24, 2.45) is 0 Å². The van der Waals surface area contributed by atoms with E-state index in [1.165, 1.54) is 24.7 Å². The number of benzene rings is 1. The normalized spacial score (nSPS) is 13.7. The number of nitrogens with one attached hydrogen (secondary N) is 2. The smallest absolute Gasteiger partial charge is 0.416 e. The van der Waals surface area contributed by atoms with Crippen molar-refractivity contribution in [2.45, 2.75) is 32.1 Å². The summed E-state index contributed by atoms with van der Waals surface area (Å²) >= 11 is 0. The van der Waals surface area contributed by atoms with Crippen LogP contribution in [0.4, 0.5) is 32.4 Å². The number of rotatable bonds is 4. The van der Waals surface area contributed by atoms with E-state index in [4.69, 9.17) is 9.68 Å². The quantitative estimate of drug-likeness (QED) is 0.589. The molecule has 1 aromatic carbocycles. The minimum absolute atomic E-state index is 0.0463. The van der Waals surface area contributed by atoms with Gasteiger partial charge < -0.3 is 15.1 Å². The largest absolute Gasteiger partial charge is 0.455 e. The van der Waals surface area contributed by atoms with Crippen molar-refractivity contribution < 1.29 is 31.2 Å². The summed E-state index contributed by atoms with van der Waals surface area (Å²) in [6.07, 6.45) is -2.58. The number of carbonyl (C=O) groups is 1. The zero-order valence-corrected chi connectivity index (χ0v) is 15.5. The van der Waals surface area contributed by atoms with Gasteiger partial charge in [0.1, 0.15) is 17.6 Å². The van der Waals surface area contributed by atoms with Gasteiger partial charge in [-0.15, -0.1) is 0 Å². The number of amides is 2. The SMILES string of the molecule is Cc1c([C@@H](NC(=O)Nc2cnn(C(C)C#N)c2)C(F)(F)F)oc2c(F)cc(F)cc12. The molecule has 0 saturated heterocycles. The third-order valence-corrected chi connectivity index (χ3v) is 4.30. The van der Waals surface area contributed by atoms with Gasteiger partial charge in [0.25, 0.3) is 0 Å². The Morgan fingerprint density at radius 1 is 1.33 bits per heavy atom. The van der Waals surface area contributed by atoms with E-state index in [0.29, 0.717) is 6.07 Å². The maximum absolute atomic E-state index is 13.9. The van der Waals surface area contributed by atoms with Crippen LogP contribution in [-0.2, 0) is 0 Å². The summed E-state index contributed by atoms with van der Waals surface area (Å²) in [5.74, 6) is -2.91. The van der Waals surface area contributed by atoms with Crippen molar-refractivity contribution in [1.29, 1.82) is 5.26 Å². The van der Waals surface area contributed by atoms with E-state index in [9.17, 15) is 26.7 Å². The number of halogens is 5. The second-order valence-corrected chi connectivity index (χ2v) is 6.44. The van der Waals surface area contributed by atoms with Gasteiger partial charge in [-0.25, -0.2) is 13.6 Å². The number of aromatic nitrogens is 2. The van der Waals surface area contributed by atoms with Crippen LogP contribution >= 0.6 is 0 Å².